The molecule has 0 atom stereocenters. The van der Waals surface area contributed by atoms with Crippen LogP contribution in [0, 0.1) is 0 Å². The van der Waals surface area contributed by atoms with E-state index in [4.69, 9.17) is 23.2 Å². The van der Waals surface area contributed by atoms with Crippen LogP contribution in [0.1, 0.15) is 5.56 Å². The Hall–Kier alpha value is -2.21. The average molecular weight is 376 g/mol. The number of aromatic nitrogens is 2. The Morgan fingerprint density at radius 3 is 2.79 bits per heavy atom. The number of nitrogens with one attached hydrogen (secondary N) is 1. The standard InChI is InChI=1S/C17H11Cl2N3OS/c18-12-6-4-11(13(19)9-12)5-7-16(23)22-17-21-15(10-24-17)14-3-1-2-8-20-14/h1-10H,(H,21,22,23)/b7-5+. The zero-order valence-corrected chi connectivity index (χ0v) is 14.6. The molecule has 120 valence electrons. The van der Waals surface area contributed by atoms with E-state index in [0.29, 0.717) is 20.7 Å². The number of carbonyl (C=O) groups is 1. The second-order valence-corrected chi connectivity index (χ2v) is 6.44. The maximum absolute atomic E-state index is 12.0. The number of benzene rings is 1. The fourth-order valence-corrected chi connectivity index (χ4v) is 3.09. The minimum atomic E-state index is -0.289. The van der Waals surface area contributed by atoms with Crippen molar-refractivity contribution in [2.75, 3.05) is 5.32 Å². The van der Waals surface area contributed by atoms with Gasteiger partial charge >= 0.3 is 0 Å². The fraction of sp³-hybridized carbons (Fsp3) is 0. The molecule has 0 radical (unpaired) electrons. The molecule has 2 aromatic heterocycles. The second-order valence-electron chi connectivity index (χ2n) is 4.74. The summed E-state index contributed by atoms with van der Waals surface area (Å²) in [5.74, 6) is -0.289. The first-order valence-corrected chi connectivity index (χ1v) is 8.56. The highest BCUT2D eigenvalue weighted by Crippen LogP contribution is 2.24. The number of hydrogen-bond donors (Lipinski definition) is 1. The van der Waals surface area contributed by atoms with Gasteiger partial charge < -0.3 is 0 Å². The molecule has 0 aliphatic rings. The highest BCUT2D eigenvalue weighted by atomic mass is 35.5. The normalized spacial score (nSPS) is 10.9. The molecular weight excluding hydrogens is 365 g/mol. The Kier molecular flexibility index (Phi) is 5.25. The van der Waals surface area contributed by atoms with E-state index in [1.165, 1.54) is 17.4 Å². The molecule has 0 fully saturated rings. The van der Waals surface area contributed by atoms with Gasteiger partial charge in [0.1, 0.15) is 5.69 Å². The summed E-state index contributed by atoms with van der Waals surface area (Å²) in [5, 5.41) is 6.10. The molecule has 0 bridgehead atoms. The minimum absolute atomic E-state index is 0.289. The van der Waals surface area contributed by atoms with E-state index in [1.54, 1.807) is 30.5 Å². The Morgan fingerprint density at radius 2 is 2.04 bits per heavy atom. The van der Waals surface area contributed by atoms with Crippen molar-refractivity contribution >= 4 is 51.7 Å². The van der Waals surface area contributed by atoms with Crippen LogP contribution in [0.2, 0.25) is 10.0 Å². The number of rotatable bonds is 4. The maximum Gasteiger partial charge on any atom is 0.250 e. The number of carbonyl (C=O) groups excluding carboxylic acids is 1. The van der Waals surface area contributed by atoms with Gasteiger partial charge in [0.15, 0.2) is 5.13 Å². The monoisotopic (exact) mass is 375 g/mol. The van der Waals surface area contributed by atoms with Gasteiger partial charge in [-0.3, -0.25) is 15.1 Å². The molecule has 7 heteroatoms. The molecule has 3 aromatic rings. The molecule has 3 rings (SSSR count). The van der Waals surface area contributed by atoms with Crippen LogP contribution in [0.3, 0.4) is 0 Å². The lowest BCUT2D eigenvalue weighted by atomic mass is 10.2. The minimum Gasteiger partial charge on any atom is -0.298 e. The van der Waals surface area contributed by atoms with Gasteiger partial charge in [-0.05, 0) is 35.9 Å². The Labute approximate surface area is 152 Å². The predicted molar refractivity (Wildman–Crippen MR) is 99.5 cm³/mol. The van der Waals surface area contributed by atoms with Crippen molar-refractivity contribution in [3.63, 3.8) is 0 Å². The van der Waals surface area contributed by atoms with Crippen LogP contribution < -0.4 is 5.32 Å². The molecule has 24 heavy (non-hydrogen) atoms. The van der Waals surface area contributed by atoms with Gasteiger partial charge in [0.2, 0.25) is 5.91 Å². The highest BCUT2D eigenvalue weighted by molar-refractivity contribution is 7.14. The number of anilines is 1. The maximum atomic E-state index is 12.0. The number of nitrogens with zero attached hydrogens (tertiary/aromatic N) is 2. The zero-order chi connectivity index (χ0) is 16.9. The lowest BCUT2D eigenvalue weighted by molar-refractivity contribution is -0.111. The van der Waals surface area contributed by atoms with Gasteiger partial charge in [-0.1, -0.05) is 35.3 Å². The molecule has 2 heterocycles. The molecule has 4 nitrogen and oxygen atoms in total. The lowest BCUT2D eigenvalue weighted by Crippen LogP contribution is -2.07. The van der Waals surface area contributed by atoms with Crippen molar-refractivity contribution in [1.82, 2.24) is 9.97 Å². The molecule has 1 aromatic carbocycles. The Morgan fingerprint density at radius 1 is 1.17 bits per heavy atom. The molecule has 1 N–H and O–H groups in total. The summed E-state index contributed by atoms with van der Waals surface area (Å²) >= 11 is 13.2. The van der Waals surface area contributed by atoms with Gasteiger partial charge in [0.05, 0.1) is 5.69 Å². The average Bonchev–Trinajstić information content (AvgIpc) is 3.03. The predicted octanol–water partition coefficient (Wildman–Crippen LogP) is 5.16. The van der Waals surface area contributed by atoms with Crippen LogP contribution in [0.5, 0.6) is 0 Å². The van der Waals surface area contributed by atoms with Crippen molar-refractivity contribution in [1.29, 1.82) is 0 Å². The van der Waals surface area contributed by atoms with Crippen molar-refractivity contribution < 1.29 is 4.79 Å². The Bertz CT molecular complexity index is 894. The SMILES string of the molecule is O=C(/C=C/c1ccc(Cl)cc1Cl)Nc1nc(-c2ccccn2)cs1. The molecule has 0 unspecified atom stereocenters. The van der Waals surface area contributed by atoms with E-state index in [1.807, 2.05) is 23.6 Å². The van der Waals surface area contributed by atoms with E-state index < -0.39 is 0 Å². The first kappa shape index (κ1) is 16.6. The van der Waals surface area contributed by atoms with Gasteiger partial charge in [-0.25, -0.2) is 4.98 Å². The number of amides is 1. The summed E-state index contributed by atoms with van der Waals surface area (Å²) in [6.07, 6.45) is 4.73. The van der Waals surface area contributed by atoms with Crippen molar-refractivity contribution in [2.24, 2.45) is 0 Å². The third-order valence-corrected chi connectivity index (χ3v) is 4.36. The molecule has 0 saturated heterocycles. The zero-order valence-electron chi connectivity index (χ0n) is 12.2. The third-order valence-electron chi connectivity index (χ3n) is 3.04. The van der Waals surface area contributed by atoms with Crippen molar-refractivity contribution in [3.05, 3.63) is 69.7 Å². The van der Waals surface area contributed by atoms with E-state index in [-0.39, 0.29) is 5.91 Å². The van der Waals surface area contributed by atoms with E-state index in [2.05, 4.69) is 15.3 Å². The molecular formula is C17H11Cl2N3OS. The van der Waals surface area contributed by atoms with Gasteiger partial charge in [0.25, 0.3) is 0 Å². The van der Waals surface area contributed by atoms with Gasteiger partial charge in [-0.2, -0.15) is 0 Å². The number of thiazole rings is 1. The fourth-order valence-electron chi connectivity index (χ4n) is 1.91. The summed E-state index contributed by atoms with van der Waals surface area (Å²) in [4.78, 5) is 20.6. The first-order valence-electron chi connectivity index (χ1n) is 6.93. The van der Waals surface area contributed by atoms with Crippen molar-refractivity contribution in [3.8, 4) is 11.4 Å². The topological polar surface area (TPSA) is 54.9 Å². The smallest absolute Gasteiger partial charge is 0.250 e. The molecule has 0 aliphatic carbocycles. The van der Waals surface area contributed by atoms with Crippen LogP contribution in [-0.2, 0) is 4.79 Å². The number of pyridine rings is 1. The third kappa shape index (κ3) is 4.20. The summed E-state index contributed by atoms with van der Waals surface area (Å²) in [7, 11) is 0. The van der Waals surface area contributed by atoms with E-state index in [0.717, 1.165) is 11.4 Å². The summed E-state index contributed by atoms with van der Waals surface area (Å²) in [5.41, 5.74) is 2.20. The Balaban J connectivity index is 1.67. The number of halogens is 2. The van der Waals surface area contributed by atoms with Gasteiger partial charge in [-0.15, -0.1) is 11.3 Å². The van der Waals surface area contributed by atoms with Crippen LogP contribution in [0.15, 0.2) is 54.1 Å². The summed E-state index contributed by atoms with van der Waals surface area (Å²) in [6, 6.07) is 10.7. The quantitative estimate of drug-likeness (QED) is 0.640. The molecule has 0 spiro atoms. The largest absolute Gasteiger partial charge is 0.298 e. The van der Waals surface area contributed by atoms with Crippen LogP contribution >= 0.6 is 34.5 Å². The summed E-state index contributed by atoms with van der Waals surface area (Å²) < 4.78 is 0. The molecule has 0 aliphatic heterocycles. The van der Waals surface area contributed by atoms with E-state index >= 15 is 0 Å². The van der Waals surface area contributed by atoms with Crippen LogP contribution in [0.4, 0.5) is 5.13 Å². The summed E-state index contributed by atoms with van der Waals surface area (Å²) in [6.45, 7) is 0. The van der Waals surface area contributed by atoms with Gasteiger partial charge in [0, 0.05) is 27.7 Å². The molecule has 0 saturated carbocycles. The number of hydrogen-bond acceptors (Lipinski definition) is 4. The van der Waals surface area contributed by atoms with Crippen LogP contribution in [0.25, 0.3) is 17.5 Å². The van der Waals surface area contributed by atoms with E-state index in [9.17, 15) is 4.79 Å². The second kappa shape index (κ2) is 7.57. The van der Waals surface area contributed by atoms with Crippen molar-refractivity contribution in [2.45, 2.75) is 0 Å². The molecule has 1 amide bonds. The lowest BCUT2D eigenvalue weighted by Gasteiger charge is -1.99. The first-order chi connectivity index (χ1) is 11.6. The van der Waals surface area contributed by atoms with Crippen LogP contribution in [-0.4, -0.2) is 15.9 Å². The highest BCUT2D eigenvalue weighted by Gasteiger charge is 2.07.